The zero-order chi connectivity index (χ0) is 22.9. The van der Waals surface area contributed by atoms with Crippen molar-refractivity contribution < 1.29 is 5.11 Å². The largest absolute Gasteiger partial charge is 0.505 e. The number of hydrogen-bond donors (Lipinski definition) is 2. The molecule has 0 amide bonds. The third-order valence-electron chi connectivity index (χ3n) is 5.78. The van der Waals surface area contributed by atoms with E-state index in [1.807, 2.05) is 36.4 Å². The molecule has 4 aromatic rings. The fourth-order valence-corrected chi connectivity index (χ4v) is 3.98. The van der Waals surface area contributed by atoms with Crippen molar-refractivity contribution in [2.45, 2.75) is 51.9 Å². The Kier molecular flexibility index (Phi) is 5.59. The summed E-state index contributed by atoms with van der Waals surface area (Å²) in [5.74, 6) is 1.04. The zero-order valence-corrected chi connectivity index (χ0v) is 19.3. The van der Waals surface area contributed by atoms with Gasteiger partial charge < -0.3 is 10.4 Å². The highest BCUT2D eigenvalue weighted by molar-refractivity contribution is 5.85. The van der Waals surface area contributed by atoms with E-state index in [4.69, 9.17) is 4.98 Å². The highest BCUT2D eigenvalue weighted by Gasteiger charge is 2.27. The Morgan fingerprint density at radius 1 is 0.938 bits per heavy atom. The summed E-state index contributed by atoms with van der Waals surface area (Å²) in [6.45, 7) is 10.9. The summed E-state index contributed by atoms with van der Waals surface area (Å²) in [4.78, 5) is 13.5. The van der Waals surface area contributed by atoms with Gasteiger partial charge in [-0.2, -0.15) is 0 Å². The van der Waals surface area contributed by atoms with Crippen LogP contribution in [0.4, 0.5) is 11.5 Å². The smallest absolute Gasteiger partial charge is 0.145 e. The molecule has 2 N–H and O–H groups in total. The second kappa shape index (κ2) is 8.23. The first-order valence-electron chi connectivity index (χ1n) is 10.9. The molecule has 0 bridgehead atoms. The van der Waals surface area contributed by atoms with E-state index in [9.17, 15) is 5.11 Å². The molecule has 32 heavy (non-hydrogen) atoms. The first-order chi connectivity index (χ1) is 15.1. The number of aromatic hydroxyl groups is 1. The van der Waals surface area contributed by atoms with Gasteiger partial charge in [-0.1, -0.05) is 52.8 Å². The van der Waals surface area contributed by atoms with Crippen molar-refractivity contribution >= 4 is 22.4 Å². The van der Waals surface area contributed by atoms with Crippen LogP contribution in [0, 0.1) is 0 Å². The predicted molar refractivity (Wildman–Crippen MR) is 131 cm³/mol. The molecule has 5 nitrogen and oxygen atoms in total. The van der Waals surface area contributed by atoms with Gasteiger partial charge in [-0.3, -0.25) is 9.97 Å². The minimum Gasteiger partial charge on any atom is -0.505 e. The number of fused-ring (bicyclic) bond motifs is 1. The Hall–Kier alpha value is -3.47. The molecule has 5 heteroatoms. The van der Waals surface area contributed by atoms with Gasteiger partial charge in [0.25, 0.3) is 0 Å². The molecule has 0 aliphatic rings. The SMILES string of the molecule is CC(C)(C)c1cc(CC(C)(C)c2ccc3cccnc3c2O)nc(Nc2cccnc2)c1. The minimum absolute atomic E-state index is 0.0256. The van der Waals surface area contributed by atoms with Gasteiger partial charge in [0.1, 0.15) is 17.1 Å². The molecule has 3 aromatic heterocycles. The highest BCUT2D eigenvalue weighted by atomic mass is 16.3. The minimum atomic E-state index is -0.342. The van der Waals surface area contributed by atoms with Crippen LogP contribution in [0.1, 0.15) is 51.4 Å². The molecule has 1 aromatic carbocycles. The maximum Gasteiger partial charge on any atom is 0.145 e. The van der Waals surface area contributed by atoms with Gasteiger partial charge in [0, 0.05) is 29.0 Å². The van der Waals surface area contributed by atoms with Gasteiger partial charge in [0.2, 0.25) is 0 Å². The molecule has 0 saturated carbocycles. The lowest BCUT2D eigenvalue weighted by Crippen LogP contribution is -2.22. The third kappa shape index (κ3) is 4.57. The molecule has 0 spiro atoms. The number of nitrogens with zero attached hydrogens (tertiary/aromatic N) is 3. The van der Waals surface area contributed by atoms with E-state index >= 15 is 0 Å². The summed E-state index contributed by atoms with van der Waals surface area (Å²) in [5, 5.41) is 15.3. The fourth-order valence-electron chi connectivity index (χ4n) is 3.98. The van der Waals surface area contributed by atoms with E-state index in [0.29, 0.717) is 11.9 Å². The van der Waals surface area contributed by atoms with Crippen molar-refractivity contribution in [3.63, 3.8) is 0 Å². The lowest BCUT2D eigenvalue weighted by atomic mass is 9.78. The number of phenolic OH excluding ortho intramolecular Hbond substituents is 1. The molecule has 0 unspecified atom stereocenters. The van der Waals surface area contributed by atoms with Crippen molar-refractivity contribution in [1.82, 2.24) is 15.0 Å². The van der Waals surface area contributed by atoms with Gasteiger partial charge >= 0.3 is 0 Å². The normalized spacial score (nSPS) is 12.2. The lowest BCUT2D eigenvalue weighted by Gasteiger charge is -2.28. The van der Waals surface area contributed by atoms with E-state index < -0.39 is 0 Å². The highest BCUT2D eigenvalue weighted by Crippen LogP contribution is 2.38. The molecular weight excluding hydrogens is 396 g/mol. The summed E-state index contributed by atoms with van der Waals surface area (Å²) in [5.41, 5.74) is 4.20. The Balaban J connectivity index is 1.72. The average molecular weight is 427 g/mol. The number of hydrogen-bond acceptors (Lipinski definition) is 5. The van der Waals surface area contributed by atoms with Gasteiger partial charge in [0.15, 0.2) is 0 Å². The number of pyridine rings is 3. The Morgan fingerprint density at radius 3 is 2.44 bits per heavy atom. The van der Waals surface area contributed by atoms with Crippen molar-refractivity contribution in [1.29, 1.82) is 0 Å². The van der Waals surface area contributed by atoms with E-state index in [1.165, 1.54) is 5.56 Å². The summed E-state index contributed by atoms with van der Waals surface area (Å²) in [6, 6.07) is 16.0. The quantitative estimate of drug-likeness (QED) is 0.392. The molecule has 4 rings (SSSR count). The number of aromatic nitrogens is 3. The lowest BCUT2D eigenvalue weighted by molar-refractivity contribution is 0.436. The zero-order valence-electron chi connectivity index (χ0n) is 19.3. The third-order valence-corrected chi connectivity index (χ3v) is 5.78. The van der Waals surface area contributed by atoms with Gasteiger partial charge in [-0.15, -0.1) is 0 Å². The van der Waals surface area contributed by atoms with Crippen molar-refractivity contribution in [3.05, 3.63) is 83.9 Å². The molecule has 0 aliphatic carbocycles. The predicted octanol–water partition coefficient (Wildman–Crippen LogP) is 6.29. The summed E-state index contributed by atoms with van der Waals surface area (Å²) >= 11 is 0. The topological polar surface area (TPSA) is 70.9 Å². The average Bonchev–Trinajstić information content (AvgIpc) is 2.73. The Morgan fingerprint density at radius 2 is 1.72 bits per heavy atom. The van der Waals surface area contributed by atoms with Crippen LogP contribution >= 0.6 is 0 Å². The van der Waals surface area contributed by atoms with Crippen molar-refractivity contribution in [3.8, 4) is 5.75 Å². The van der Waals surface area contributed by atoms with E-state index in [2.05, 4.69) is 62.0 Å². The number of nitrogens with one attached hydrogen (secondary N) is 1. The maximum atomic E-state index is 11.0. The van der Waals surface area contributed by atoms with Crippen LogP contribution < -0.4 is 5.32 Å². The first kappa shape index (κ1) is 21.8. The van der Waals surface area contributed by atoms with Crippen LogP contribution in [0.15, 0.2) is 67.1 Å². The monoisotopic (exact) mass is 426 g/mol. The molecule has 0 fully saturated rings. The number of rotatable bonds is 5. The van der Waals surface area contributed by atoms with Crippen LogP contribution in [0.2, 0.25) is 0 Å². The van der Waals surface area contributed by atoms with Crippen LogP contribution in [-0.4, -0.2) is 20.1 Å². The molecule has 3 heterocycles. The van der Waals surface area contributed by atoms with Crippen LogP contribution in [0.25, 0.3) is 10.9 Å². The number of phenols is 1. The second-order valence-electron chi connectivity index (χ2n) is 9.95. The Bertz CT molecular complexity index is 1240. The summed E-state index contributed by atoms with van der Waals surface area (Å²) in [7, 11) is 0. The second-order valence-corrected chi connectivity index (χ2v) is 9.95. The van der Waals surface area contributed by atoms with E-state index in [0.717, 1.165) is 28.1 Å². The maximum absolute atomic E-state index is 11.0. The summed E-state index contributed by atoms with van der Waals surface area (Å²) < 4.78 is 0. The van der Waals surface area contributed by atoms with Gasteiger partial charge in [0.05, 0.1) is 11.9 Å². The van der Waals surface area contributed by atoms with Crippen LogP contribution in [-0.2, 0) is 17.3 Å². The fraction of sp³-hybridized carbons (Fsp3) is 0.296. The van der Waals surface area contributed by atoms with E-state index in [1.54, 1.807) is 18.6 Å². The molecule has 0 atom stereocenters. The summed E-state index contributed by atoms with van der Waals surface area (Å²) in [6.07, 6.45) is 5.92. The van der Waals surface area contributed by atoms with Gasteiger partial charge in [-0.05, 0) is 53.1 Å². The standard InChI is InChI=1S/C27H30N4O/c1-26(2,3)19-14-21(31-23(15-19)30-20-9-7-12-28-17-20)16-27(4,5)22-11-10-18-8-6-13-29-24(18)25(22)32/h6-15,17,32H,16H2,1-5H3,(H,30,31). The molecule has 0 saturated heterocycles. The number of benzene rings is 1. The van der Waals surface area contributed by atoms with E-state index in [-0.39, 0.29) is 16.6 Å². The first-order valence-corrected chi connectivity index (χ1v) is 10.9. The molecule has 0 radical (unpaired) electrons. The molecule has 164 valence electrons. The van der Waals surface area contributed by atoms with Gasteiger partial charge in [-0.25, -0.2) is 4.98 Å². The van der Waals surface area contributed by atoms with Crippen LogP contribution in [0.5, 0.6) is 5.75 Å². The van der Waals surface area contributed by atoms with Crippen LogP contribution in [0.3, 0.4) is 0 Å². The molecular formula is C27H30N4O. The number of anilines is 2. The van der Waals surface area contributed by atoms with Crippen molar-refractivity contribution in [2.75, 3.05) is 5.32 Å². The van der Waals surface area contributed by atoms with Crippen molar-refractivity contribution in [2.24, 2.45) is 0 Å². The molecule has 0 aliphatic heterocycles. The Labute approximate surface area is 189 Å².